The molecular formula is C15H21NO3. The number of benzene rings is 1. The Morgan fingerprint density at radius 2 is 2.00 bits per heavy atom. The summed E-state index contributed by atoms with van der Waals surface area (Å²) in [6, 6.07) is 9.94. The van der Waals surface area contributed by atoms with Crippen LogP contribution in [0.5, 0.6) is 0 Å². The summed E-state index contributed by atoms with van der Waals surface area (Å²) in [4.78, 5) is 12.9. The number of hydrogen-bond donors (Lipinski definition) is 2. The third kappa shape index (κ3) is 5.68. The highest BCUT2D eigenvalue weighted by molar-refractivity contribution is 5.86. The summed E-state index contributed by atoms with van der Waals surface area (Å²) in [5.74, 6) is -0.869. The first-order valence-corrected chi connectivity index (χ1v) is 6.46. The lowest BCUT2D eigenvalue weighted by molar-refractivity contribution is -0.132. The van der Waals surface area contributed by atoms with E-state index >= 15 is 0 Å². The minimum absolute atomic E-state index is 0.0647. The topological polar surface area (TPSA) is 60.8 Å². The van der Waals surface area contributed by atoms with Gasteiger partial charge in [0.25, 0.3) is 0 Å². The number of carboxylic acid groups (broad SMARTS) is 1. The monoisotopic (exact) mass is 263 g/mol. The summed E-state index contributed by atoms with van der Waals surface area (Å²) in [5.41, 5.74) is 1.56. The van der Waals surface area contributed by atoms with Crippen molar-refractivity contribution < 1.29 is 15.0 Å². The first kappa shape index (κ1) is 15.4. The van der Waals surface area contributed by atoms with E-state index in [-0.39, 0.29) is 6.61 Å². The molecule has 2 N–H and O–H groups in total. The summed E-state index contributed by atoms with van der Waals surface area (Å²) >= 11 is 0. The lowest BCUT2D eigenvalue weighted by Gasteiger charge is -2.20. The number of carboxylic acids is 1. The van der Waals surface area contributed by atoms with Crippen molar-refractivity contribution >= 4 is 5.97 Å². The van der Waals surface area contributed by atoms with Crippen molar-refractivity contribution in [3.05, 3.63) is 47.5 Å². The molecule has 0 saturated carbocycles. The highest BCUT2D eigenvalue weighted by atomic mass is 16.4. The largest absolute Gasteiger partial charge is 0.478 e. The molecular weight excluding hydrogens is 242 g/mol. The van der Waals surface area contributed by atoms with Gasteiger partial charge in [-0.15, -0.1) is 0 Å². The summed E-state index contributed by atoms with van der Waals surface area (Å²) in [6.45, 7) is 3.66. The summed E-state index contributed by atoms with van der Waals surface area (Å²) < 4.78 is 0. The van der Waals surface area contributed by atoms with Gasteiger partial charge < -0.3 is 10.2 Å². The summed E-state index contributed by atoms with van der Waals surface area (Å²) in [7, 11) is 0. The van der Waals surface area contributed by atoms with Crippen LogP contribution in [-0.4, -0.2) is 40.8 Å². The second kappa shape index (κ2) is 8.45. The average molecular weight is 263 g/mol. The van der Waals surface area contributed by atoms with E-state index in [2.05, 4.69) is 0 Å². The van der Waals surface area contributed by atoms with Gasteiger partial charge in [0.1, 0.15) is 0 Å². The fourth-order valence-corrected chi connectivity index (χ4v) is 1.84. The van der Waals surface area contributed by atoms with E-state index in [1.54, 1.807) is 6.08 Å². The predicted octanol–water partition coefficient (Wildman–Crippen LogP) is 1.90. The van der Waals surface area contributed by atoms with Crippen LogP contribution in [-0.2, 0) is 11.3 Å². The Kier molecular flexibility index (Phi) is 6.85. The molecule has 19 heavy (non-hydrogen) atoms. The fourth-order valence-electron chi connectivity index (χ4n) is 1.84. The Hall–Kier alpha value is -1.65. The van der Waals surface area contributed by atoms with E-state index in [0.717, 1.165) is 5.56 Å². The lowest BCUT2D eigenvalue weighted by Crippen LogP contribution is -2.27. The van der Waals surface area contributed by atoms with Crippen LogP contribution in [0.15, 0.2) is 42.0 Å². The van der Waals surface area contributed by atoms with Crippen molar-refractivity contribution in [1.82, 2.24) is 4.90 Å². The zero-order chi connectivity index (χ0) is 14.1. The number of carbonyl (C=O) groups is 1. The number of nitrogens with zero attached hydrogens (tertiary/aromatic N) is 1. The van der Waals surface area contributed by atoms with Gasteiger partial charge in [0.2, 0.25) is 0 Å². The second-order valence-electron chi connectivity index (χ2n) is 4.33. The van der Waals surface area contributed by atoms with E-state index in [4.69, 9.17) is 10.2 Å². The average Bonchev–Trinajstić information content (AvgIpc) is 2.40. The van der Waals surface area contributed by atoms with Gasteiger partial charge in [0.05, 0.1) is 6.61 Å². The number of aliphatic hydroxyl groups is 1. The minimum atomic E-state index is -0.869. The molecule has 0 radical (unpaired) electrons. The summed E-state index contributed by atoms with van der Waals surface area (Å²) in [6.07, 6.45) is 2.23. The Morgan fingerprint density at radius 1 is 1.32 bits per heavy atom. The normalized spacial score (nSPS) is 11.8. The predicted molar refractivity (Wildman–Crippen MR) is 74.8 cm³/mol. The van der Waals surface area contributed by atoms with Gasteiger partial charge in [-0.05, 0) is 12.0 Å². The van der Waals surface area contributed by atoms with Crippen LogP contribution in [0.2, 0.25) is 0 Å². The van der Waals surface area contributed by atoms with E-state index in [0.29, 0.717) is 31.6 Å². The molecule has 4 heteroatoms. The fraction of sp³-hybridized carbons (Fsp3) is 0.400. The smallest absolute Gasteiger partial charge is 0.331 e. The van der Waals surface area contributed by atoms with E-state index in [9.17, 15) is 4.79 Å². The Labute approximate surface area is 114 Å². The van der Waals surface area contributed by atoms with Crippen LogP contribution < -0.4 is 0 Å². The number of hydrogen-bond acceptors (Lipinski definition) is 3. The van der Waals surface area contributed by atoms with Crippen LogP contribution in [0, 0.1) is 0 Å². The molecule has 0 bridgehead atoms. The molecule has 0 spiro atoms. The quantitative estimate of drug-likeness (QED) is 0.703. The van der Waals surface area contributed by atoms with Crippen molar-refractivity contribution in [3.63, 3.8) is 0 Å². The van der Waals surface area contributed by atoms with Crippen LogP contribution >= 0.6 is 0 Å². The van der Waals surface area contributed by atoms with Crippen molar-refractivity contribution in [1.29, 1.82) is 0 Å². The first-order chi connectivity index (χ1) is 9.17. The SMILES string of the molecule is CCC(=CCN(CCO)Cc1ccccc1)C(=O)O. The van der Waals surface area contributed by atoms with Crippen molar-refractivity contribution in [3.8, 4) is 0 Å². The molecule has 0 aliphatic rings. The molecule has 104 valence electrons. The van der Waals surface area contributed by atoms with Crippen molar-refractivity contribution in [2.24, 2.45) is 0 Å². The molecule has 0 saturated heterocycles. The third-order valence-corrected chi connectivity index (χ3v) is 2.92. The zero-order valence-electron chi connectivity index (χ0n) is 11.2. The van der Waals surface area contributed by atoms with Gasteiger partial charge in [0.15, 0.2) is 0 Å². The van der Waals surface area contributed by atoms with Crippen molar-refractivity contribution in [2.75, 3.05) is 19.7 Å². The number of aliphatic hydroxyl groups excluding tert-OH is 1. The van der Waals surface area contributed by atoms with Crippen LogP contribution in [0.1, 0.15) is 18.9 Å². The Balaban J connectivity index is 2.65. The summed E-state index contributed by atoms with van der Waals surface area (Å²) in [5, 5.41) is 18.0. The molecule has 0 fully saturated rings. The van der Waals surface area contributed by atoms with E-state index in [1.807, 2.05) is 42.2 Å². The van der Waals surface area contributed by atoms with Crippen LogP contribution in [0.25, 0.3) is 0 Å². The highest BCUT2D eigenvalue weighted by Gasteiger charge is 2.07. The van der Waals surface area contributed by atoms with Gasteiger partial charge in [-0.25, -0.2) is 4.79 Å². The second-order valence-corrected chi connectivity index (χ2v) is 4.33. The zero-order valence-corrected chi connectivity index (χ0v) is 11.2. The third-order valence-electron chi connectivity index (χ3n) is 2.92. The van der Waals surface area contributed by atoms with Crippen LogP contribution in [0.4, 0.5) is 0 Å². The van der Waals surface area contributed by atoms with E-state index in [1.165, 1.54) is 0 Å². The maximum absolute atomic E-state index is 10.9. The molecule has 0 aromatic heterocycles. The molecule has 0 unspecified atom stereocenters. The molecule has 0 atom stereocenters. The Morgan fingerprint density at radius 3 is 2.53 bits per heavy atom. The highest BCUT2D eigenvalue weighted by Crippen LogP contribution is 2.06. The molecule has 1 aromatic carbocycles. The molecule has 0 aliphatic heterocycles. The Bertz CT molecular complexity index is 415. The van der Waals surface area contributed by atoms with Gasteiger partial charge in [-0.3, -0.25) is 4.90 Å². The van der Waals surface area contributed by atoms with Crippen molar-refractivity contribution in [2.45, 2.75) is 19.9 Å². The molecule has 0 aliphatic carbocycles. The lowest BCUT2D eigenvalue weighted by atomic mass is 10.1. The molecule has 1 aromatic rings. The number of aliphatic carboxylic acids is 1. The van der Waals surface area contributed by atoms with Crippen LogP contribution in [0.3, 0.4) is 0 Å². The molecule has 0 amide bonds. The maximum atomic E-state index is 10.9. The molecule has 1 rings (SSSR count). The van der Waals surface area contributed by atoms with Gasteiger partial charge in [-0.2, -0.15) is 0 Å². The standard InChI is InChI=1S/C15H21NO3/c1-2-14(15(18)19)8-9-16(10-11-17)12-13-6-4-3-5-7-13/h3-8,17H,2,9-12H2,1H3,(H,18,19). The molecule has 4 nitrogen and oxygen atoms in total. The maximum Gasteiger partial charge on any atom is 0.331 e. The first-order valence-electron chi connectivity index (χ1n) is 6.46. The van der Waals surface area contributed by atoms with Gasteiger partial charge in [-0.1, -0.05) is 43.3 Å². The minimum Gasteiger partial charge on any atom is -0.478 e. The van der Waals surface area contributed by atoms with Gasteiger partial charge >= 0.3 is 5.97 Å². The number of rotatable bonds is 8. The van der Waals surface area contributed by atoms with Gasteiger partial charge in [0, 0.05) is 25.2 Å². The van der Waals surface area contributed by atoms with E-state index < -0.39 is 5.97 Å². The molecule has 0 heterocycles.